The average molecular weight is 194 g/mol. The van der Waals surface area contributed by atoms with Crippen LogP contribution in [0.2, 0.25) is 0 Å². The number of nitrogens with two attached hydrogens (primary N) is 1. The number of carbonyl (C=O) groups is 1. The van der Waals surface area contributed by atoms with Crippen LogP contribution in [0, 0.1) is 5.82 Å². The van der Waals surface area contributed by atoms with E-state index in [1.54, 1.807) is 11.0 Å². The maximum Gasteiger partial charge on any atom is 0.240 e. The maximum atomic E-state index is 12.9. The Morgan fingerprint density at radius 2 is 2.36 bits per heavy atom. The smallest absolute Gasteiger partial charge is 0.240 e. The summed E-state index contributed by atoms with van der Waals surface area (Å²) in [6.07, 6.45) is 0.779. The molecule has 4 heteroatoms. The summed E-state index contributed by atoms with van der Waals surface area (Å²) in [5, 5.41) is 0. The van der Waals surface area contributed by atoms with Crippen LogP contribution >= 0.6 is 0 Å². The van der Waals surface area contributed by atoms with Gasteiger partial charge in [-0.25, -0.2) is 4.39 Å². The standard InChI is InChI=1S/C10H11FN2O/c11-8-2-1-7-3-4-13(9(7)5-8)10(14)6-12/h1-2,5H,3-4,6,12H2. The molecule has 0 atom stereocenters. The van der Waals surface area contributed by atoms with Gasteiger partial charge in [-0.1, -0.05) is 6.07 Å². The van der Waals surface area contributed by atoms with E-state index in [0.717, 1.165) is 12.0 Å². The molecule has 0 radical (unpaired) electrons. The number of amides is 1. The zero-order valence-corrected chi connectivity index (χ0v) is 7.66. The number of fused-ring (bicyclic) bond motifs is 1. The molecular formula is C10H11FN2O. The fraction of sp³-hybridized carbons (Fsp3) is 0.300. The maximum absolute atomic E-state index is 12.9. The van der Waals surface area contributed by atoms with Crippen LogP contribution in [0.15, 0.2) is 18.2 Å². The van der Waals surface area contributed by atoms with Gasteiger partial charge >= 0.3 is 0 Å². The number of rotatable bonds is 1. The number of hydrogen-bond donors (Lipinski definition) is 1. The summed E-state index contributed by atoms with van der Waals surface area (Å²) in [5.41, 5.74) is 6.94. The van der Waals surface area contributed by atoms with Crippen molar-refractivity contribution in [2.45, 2.75) is 6.42 Å². The number of benzene rings is 1. The molecule has 1 amide bonds. The number of carbonyl (C=O) groups excluding carboxylic acids is 1. The lowest BCUT2D eigenvalue weighted by atomic mass is 10.2. The zero-order valence-electron chi connectivity index (χ0n) is 7.66. The van der Waals surface area contributed by atoms with E-state index in [4.69, 9.17) is 5.73 Å². The second kappa shape index (κ2) is 3.38. The van der Waals surface area contributed by atoms with Crippen LogP contribution in [-0.4, -0.2) is 19.0 Å². The molecule has 1 aliphatic rings. The number of nitrogens with zero attached hydrogens (tertiary/aromatic N) is 1. The normalized spacial score (nSPS) is 14.3. The lowest BCUT2D eigenvalue weighted by Gasteiger charge is -2.15. The fourth-order valence-corrected chi connectivity index (χ4v) is 1.72. The third-order valence-corrected chi connectivity index (χ3v) is 2.42. The Morgan fingerprint density at radius 1 is 1.57 bits per heavy atom. The van der Waals surface area contributed by atoms with E-state index in [1.807, 2.05) is 0 Å². The molecular weight excluding hydrogens is 183 g/mol. The van der Waals surface area contributed by atoms with E-state index < -0.39 is 0 Å². The molecule has 0 aromatic heterocycles. The van der Waals surface area contributed by atoms with Crippen molar-refractivity contribution in [2.75, 3.05) is 18.0 Å². The first-order chi connectivity index (χ1) is 6.72. The van der Waals surface area contributed by atoms with Crippen LogP contribution in [0.5, 0.6) is 0 Å². The minimum Gasteiger partial charge on any atom is -0.322 e. The highest BCUT2D eigenvalue weighted by molar-refractivity contribution is 5.96. The molecule has 2 N–H and O–H groups in total. The average Bonchev–Trinajstić information content (AvgIpc) is 2.59. The zero-order chi connectivity index (χ0) is 10.1. The molecule has 2 rings (SSSR count). The van der Waals surface area contributed by atoms with Crippen LogP contribution in [0.3, 0.4) is 0 Å². The van der Waals surface area contributed by atoms with Crippen LogP contribution in [0.25, 0.3) is 0 Å². The summed E-state index contributed by atoms with van der Waals surface area (Å²) in [7, 11) is 0. The minimum absolute atomic E-state index is 0.0318. The third-order valence-electron chi connectivity index (χ3n) is 2.42. The SMILES string of the molecule is NCC(=O)N1CCc2ccc(F)cc21. The molecule has 1 heterocycles. The Balaban J connectivity index is 2.38. The van der Waals surface area contributed by atoms with Crippen LogP contribution in [0.1, 0.15) is 5.56 Å². The van der Waals surface area contributed by atoms with Gasteiger partial charge in [0.2, 0.25) is 5.91 Å². The molecule has 1 aliphatic heterocycles. The molecule has 0 aliphatic carbocycles. The van der Waals surface area contributed by atoms with Crippen LogP contribution < -0.4 is 10.6 Å². The second-order valence-corrected chi connectivity index (χ2v) is 3.27. The second-order valence-electron chi connectivity index (χ2n) is 3.27. The van der Waals surface area contributed by atoms with Gasteiger partial charge in [0.05, 0.1) is 6.54 Å². The number of anilines is 1. The highest BCUT2D eigenvalue weighted by atomic mass is 19.1. The van der Waals surface area contributed by atoms with Gasteiger partial charge in [-0.2, -0.15) is 0 Å². The van der Waals surface area contributed by atoms with Gasteiger partial charge < -0.3 is 10.6 Å². The van der Waals surface area contributed by atoms with Gasteiger partial charge in [0.15, 0.2) is 0 Å². The number of hydrogen-bond acceptors (Lipinski definition) is 2. The minimum atomic E-state index is -0.319. The molecule has 0 spiro atoms. The first-order valence-corrected chi connectivity index (χ1v) is 4.51. The first kappa shape index (κ1) is 9.15. The fourth-order valence-electron chi connectivity index (χ4n) is 1.72. The summed E-state index contributed by atoms with van der Waals surface area (Å²) in [5.74, 6) is -0.477. The molecule has 74 valence electrons. The lowest BCUT2D eigenvalue weighted by Crippen LogP contribution is -2.34. The molecule has 1 aromatic carbocycles. The van der Waals surface area contributed by atoms with Gasteiger partial charge in [0, 0.05) is 12.2 Å². The van der Waals surface area contributed by atoms with E-state index in [0.29, 0.717) is 12.2 Å². The van der Waals surface area contributed by atoms with Crippen molar-refractivity contribution in [3.63, 3.8) is 0 Å². The van der Waals surface area contributed by atoms with Crippen molar-refractivity contribution in [3.05, 3.63) is 29.6 Å². The number of halogens is 1. The van der Waals surface area contributed by atoms with Gasteiger partial charge in [-0.15, -0.1) is 0 Å². The molecule has 14 heavy (non-hydrogen) atoms. The Hall–Kier alpha value is -1.42. The van der Waals surface area contributed by atoms with Crippen molar-refractivity contribution < 1.29 is 9.18 Å². The Kier molecular flexibility index (Phi) is 2.21. The van der Waals surface area contributed by atoms with Crippen molar-refractivity contribution in [1.29, 1.82) is 0 Å². The first-order valence-electron chi connectivity index (χ1n) is 4.51. The topological polar surface area (TPSA) is 46.3 Å². The summed E-state index contributed by atoms with van der Waals surface area (Å²) >= 11 is 0. The third kappa shape index (κ3) is 1.37. The quantitative estimate of drug-likeness (QED) is 0.714. The van der Waals surface area contributed by atoms with E-state index >= 15 is 0 Å². The van der Waals surface area contributed by atoms with Crippen molar-refractivity contribution in [1.82, 2.24) is 0 Å². The largest absolute Gasteiger partial charge is 0.322 e. The van der Waals surface area contributed by atoms with Gasteiger partial charge in [0.25, 0.3) is 0 Å². The summed E-state index contributed by atoms with van der Waals surface area (Å²) in [6.45, 7) is 0.574. The van der Waals surface area contributed by atoms with E-state index in [1.165, 1.54) is 12.1 Å². The van der Waals surface area contributed by atoms with Gasteiger partial charge in [-0.05, 0) is 24.1 Å². The van der Waals surface area contributed by atoms with Gasteiger partial charge in [0.1, 0.15) is 5.82 Å². The predicted molar refractivity (Wildman–Crippen MR) is 51.5 cm³/mol. The molecule has 0 unspecified atom stereocenters. The highest BCUT2D eigenvalue weighted by Crippen LogP contribution is 2.28. The van der Waals surface area contributed by atoms with Crippen molar-refractivity contribution >= 4 is 11.6 Å². The Labute approximate surface area is 81.3 Å². The molecule has 0 bridgehead atoms. The Bertz CT molecular complexity index is 378. The molecule has 0 fully saturated rings. The van der Waals surface area contributed by atoms with E-state index in [9.17, 15) is 9.18 Å². The van der Waals surface area contributed by atoms with E-state index in [2.05, 4.69) is 0 Å². The van der Waals surface area contributed by atoms with Crippen LogP contribution in [-0.2, 0) is 11.2 Å². The summed E-state index contributed by atoms with van der Waals surface area (Å²) in [6, 6.07) is 4.51. The molecule has 0 saturated heterocycles. The summed E-state index contributed by atoms with van der Waals surface area (Å²) < 4.78 is 12.9. The van der Waals surface area contributed by atoms with Crippen molar-refractivity contribution in [2.24, 2.45) is 5.73 Å². The van der Waals surface area contributed by atoms with Gasteiger partial charge in [-0.3, -0.25) is 4.79 Å². The Morgan fingerprint density at radius 3 is 3.07 bits per heavy atom. The monoisotopic (exact) mass is 194 g/mol. The summed E-state index contributed by atoms with van der Waals surface area (Å²) in [4.78, 5) is 12.9. The van der Waals surface area contributed by atoms with Crippen molar-refractivity contribution in [3.8, 4) is 0 Å². The predicted octanol–water partition coefficient (Wildman–Crippen LogP) is 0.674. The molecule has 1 aromatic rings. The van der Waals surface area contributed by atoms with E-state index in [-0.39, 0.29) is 18.3 Å². The highest BCUT2D eigenvalue weighted by Gasteiger charge is 2.23. The molecule has 0 saturated carbocycles. The van der Waals surface area contributed by atoms with Crippen LogP contribution in [0.4, 0.5) is 10.1 Å². The molecule has 3 nitrogen and oxygen atoms in total. The lowest BCUT2D eigenvalue weighted by molar-refractivity contribution is -0.117.